The lowest BCUT2D eigenvalue weighted by molar-refractivity contribution is -0.143. The summed E-state index contributed by atoms with van der Waals surface area (Å²) < 4.78 is 18.5. The van der Waals surface area contributed by atoms with E-state index in [-0.39, 0.29) is 24.2 Å². The van der Waals surface area contributed by atoms with Gasteiger partial charge in [0.05, 0.1) is 24.1 Å². The SMILES string of the molecule is CCN1C(=S)N[C@@H](c2ccc(NC(=O)Cc3ccc(F)cc3)cc2)C(C(=O)OC(C)C)=C1C. The number of carbonyl (C=O) groups is 2. The molecule has 1 amide bonds. The topological polar surface area (TPSA) is 70.7 Å². The molecule has 33 heavy (non-hydrogen) atoms. The molecule has 0 saturated heterocycles. The number of ether oxygens (including phenoxy) is 1. The molecule has 0 radical (unpaired) electrons. The van der Waals surface area contributed by atoms with Crippen molar-refractivity contribution >= 4 is 34.9 Å². The Kier molecular flexibility index (Phi) is 7.81. The van der Waals surface area contributed by atoms with Gasteiger partial charge in [0.25, 0.3) is 0 Å². The first-order valence-corrected chi connectivity index (χ1v) is 11.2. The third-order valence-corrected chi connectivity index (χ3v) is 5.62. The van der Waals surface area contributed by atoms with Crippen molar-refractivity contribution in [3.63, 3.8) is 0 Å². The number of nitrogens with zero attached hydrogens (tertiary/aromatic N) is 1. The Morgan fingerprint density at radius 3 is 2.36 bits per heavy atom. The molecule has 3 rings (SSSR count). The lowest BCUT2D eigenvalue weighted by Gasteiger charge is -2.37. The summed E-state index contributed by atoms with van der Waals surface area (Å²) in [5.74, 6) is -0.937. The van der Waals surface area contributed by atoms with E-state index >= 15 is 0 Å². The van der Waals surface area contributed by atoms with Crippen molar-refractivity contribution in [3.8, 4) is 0 Å². The van der Waals surface area contributed by atoms with Crippen molar-refractivity contribution in [2.24, 2.45) is 0 Å². The first-order chi connectivity index (χ1) is 15.7. The van der Waals surface area contributed by atoms with E-state index in [1.54, 1.807) is 24.3 Å². The van der Waals surface area contributed by atoms with Gasteiger partial charge in [-0.2, -0.15) is 0 Å². The largest absolute Gasteiger partial charge is 0.459 e. The second-order valence-electron chi connectivity index (χ2n) is 8.05. The molecular formula is C25H28FN3O3S. The van der Waals surface area contributed by atoms with Crippen molar-refractivity contribution in [2.45, 2.75) is 46.3 Å². The molecule has 6 nitrogen and oxygen atoms in total. The van der Waals surface area contributed by atoms with Gasteiger partial charge in [-0.25, -0.2) is 9.18 Å². The van der Waals surface area contributed by atoms with Crippen molar-refractivity contribution in [2.75, 3.05) is 11.9 Å². The molecule has 1 aliphatic rings. The van der Waals surface area contributed by atoms with Crippen LogP contribution in [0, 0.1) is 5.82 Å². The zero-order valence-electron chi connectivity index (χ0n) is 19.1. The van der Waals surface area contributed by atoms with Gasteiger partial charge in [-0.15, -0.1) is 0 Å². The van der Waals surface area contributed by atoms with Crippen LogP contribution in [0.5, 0.6) is 0 Å². The Hall–Kier alpha value is -3.26. The van der Waals surface area contributed by atoms with E-state index in [1.807, 2.05) is 44.7 Å². The average Bonchev–Trinajstić information content (AvgIpc) is 2.75. The highest BCUT2D eigenvalue weighted by Crippen LogP contribution is 2.32. The number of rotatable bonds is 7. The third-order valence-electron chi connectivity index (χ3n) is 5.28. The Labute approximate surface area is 198 Å². The van der Waals surface area contributed by atoms with Crippen LogP contribution in [0.25, 0.3) is 0 Å². The lowest BCUT2D eigenvalue weighted by atomic mass is 9.94. The number of esters is 1. The molecule has 1 aliphatic heterocycles. The van der Waals surface area contributed by atoms with Crippen molar-refractivity contribution in [1.82, 2.24) is 10.2 Å². The summed E-state index contributed by atoms with van der Waals surface area (Å²) in [4.78, 5) is 27.1. The Morgan fingerprint density at radius 1 is 1.15 bits per heavy atom. The standard InChI is InChI=1S/C25H28FN3O3S/c1-5-29-16(4)22(24(31)32-15(2)3)23(28-25(29)33)18-8-12-20(13-9-18)27-21(30)14-17-6-10-19(26)11-7-17/h6-13,15,23H,5,14H2,1-4H3,(H,27,30)(H,28,33)/t23-/m0/s1. The van der Waals surface area contributed by atoms with E-state index < -0.39 is 12.0 Å². The summed E-state index contributed by atoms with van der Waals surface area (Å²) in [5.41, 5.74) is 3.42. The molecule has 2 N–H and O–H groups in total. The van der Waals surface area contributed by atoms with E-state index in [4.69, 9.17) is 17.0 Å². The zero-order chi connectivity index (χ0) is 24.1. The highest BCUT2D eigenvalue weighted by atomic mass is 32.1. The summed E-state index contributed by atoms with van der Waals surface area (Å²) in [6.45, 7) is 8.08. The van der Waals surface area contributed by atoms with Crippen molar-refractivity contribution in [3.05, 3.63) is 76.7 Å². The van der Waals surface area contributed by atoms with Crippen LogP contribution in [-0.4, -0.2) is 34.5 Å². The predicted molar refractivity (Wildman–Crippen MR) is 130 cm³/mol. The highest BCUT2D eigenvalue weighted by Gasteiger charge is 2.34. The highest BCUT2D eigenvalue weighted by molar-refractivity contribution is 7.80. The number of halogens is 1. The number of amides is 1. The molecule has 174 valence electrons. The number of nitrogens with one attached hydrogen (secondary N) is 2. The van der Waals surface area contributed by atoms with E-state index in [1.165, 1.54) is 12.1 Å². The van der Waals surface area contributed by atoms with Gasteiger partial charge in [0.1, 0.15) is 5.82 Å². The van der Waals surface area contributed by atoms with Gasteiger partial charge < -0.3 is 20.3 Å². The molecule has 0 spiro atoms. The number of hydrogen-bond acceptors (Lipinski definition) is 4. The van der Waals surface area contributed by atoms with E-state index in [9.17, 15) is 14.0 Å². The molecule has 0 fully saturated rings. The summed E-state index contributed by atoms with van der Waals surface area (Å²) in [7, 11) is 0. The van der Waals surface area contributed by atoms with Crippen molar-refractivity contribution in [1.29, 1.82) is 0 Å². The number of thiocarbonyl (C=S) groups is 1. The van der Waals surface area contributed by atoms with Gasteiger partial charge in [0.2, 0.25) is 5.91 Å². The van der Waals surface area contributed by atoms with Crippen LogP contribution in [0.4, 0.5) is 10.1 Å². The van der Waals surface area contributed by atoms with Gasteiger partial charge in [-0.05, 0) is 75.3 Å². The number of allylic oxidation sites excluding steroid dienone is 1. The molecule has 2 aromatic rings. The molecule has 0 aliphatic carbocycles. The summed E-state index contributed by atoms with van der Waals surface area (Å²) in [6.07, 6.45) is -0.110. The van der Waals surface area contributed by atoms with Crippen molar-refractivity contribution < 1.29 is 18.7 Å². The maximum Gasteiger partial charge on any atom is 0.338 e. The summed E-state index contributed by atoms with van der Waals surface area (Å²) in [5, 5.41) is 6.62. The fraction of sp³-hybridized carbons (Fsp3) is 0.320. The maximum atomic E-state index is 13.0. The molecule has 0 bridgehead atoms. The Bertz CT molecular complexity index is 1070. The average molecular weight is 470 g/mol. The van der Waals surface area contributed by atoms with E-state index in [0.29, 0.717) is 22.9 Å². The van der Waals surface area contributed by atoms with Crippen LogP contribution >= 0.6 is 12.2 Å². The van der Waals surface area contributed by atoms with E-state index in [0.717, 1.165) is 16.8 Å². The minimum absolute atomic E-state index is 0.139. The second kappa shape index (κ2) is 10.6. The molecular weight excluding hydrogens is 441 g/mol. The fourth-order valence-electron chi connectivity index (χ4n) is 3.71. The number of anilines is 1. The first-order valence-electron chi connectivity index (χ1n) is 10.8. The normalized spacial score (nSPS) is 16.0. The maximum absolute atomic E-state index is 13.0. The van der Waals surface area contributed by atoms with Crippen LogP contribution in [0.15, 0.2) is 59.8 Å². The van der Waals surface area contributed by atoms with Crippen LogP contribution in [0.1, 0.15) is 44.9 Å². The number of hydrogen-bond donors (Lipinski definition) is 2. The first kappa shape index (κ1) is 24.4. The van der Waals surface area contributed by atoms with Crippen LogP contribution in [0.2, 0.25) is 0 Å². The lowest BCUT2D eigenvalue weighted by Crippen LogP contribution is -2.47. The Morgan fingerprint density at radius 2 is 1.79 bits per heavy atom. The fourth-order valence-corrected chi connectivity index (χ4v) is 4.09. The predicted octanol–water partition coefficient (Wildman–Crippen LogP) is 4.48. The minimum Gasteiger partial charge on any atom is -0.459 e. The van der Waals surface area contributed by atoms with Gasteiger partial charge in [-0.1, -0.05) is 24.3 Å². The van der Waals surface area contributed by atoms with Crippen LogP contribution < -0.4 is 10.6 Å². The molecule has 1 heterocycles. The molecule has 0 unspecified atom stereocenters. The summed E-state index contributed by atoms with van der Waals surface area (Å²) in [6, 6.07) is 12.6. The van der Waals surface area contributed by atoms with Crippen LogP contribution in [0.3, 0.4) is 0 Å². The monoisotopic (exact) mass is 469 g/mol. The summed E-state index contributed by atoms with van der Waals surface area (Å²) >= 11 is 5.51. The van der Waals surface area contributed by atoms with Gasteiger partial charge >= 0.3 is 5.97 Å². The second-order valence-corrected chi connectivity index (χ2v) is 8.44. The minimum atomic E-state index is -0.462. The van der Waals surface area contributed by atoms with E-state index in [2.05, 4.69) is 10.6 Å². The molecule has 8 heteroatoms. The third kappa shape index (κ3) is 5.96. The molecule has 0 aromatic heterocycles. The zero-order valence-corrected chi connectivity index (χ0v) is 20.0. The van der Waals surface area contributed by atoms with Crippen LogP contribution in [-0.2, 0) is 20.7 Å². The molecule has 0 saturated carbocycles. The van der Waals surface area contributed by atoms with Gasteiger partial charge in [0, 0.05) is 17.9 Å². The molecule has 2 aromatic carbocycles. The van der Waals surface area contributed by atoms with Gasteiger partial charge in [0.15, 0.2) is 5.11 Å². The Balaban J connectivity index is 1.79. The molecule has 1 atom stereocenters. The quantitative estimate of drug-likeness (QED) is 0.460. The van der Waals surface area contributed by atoms with Gasteiger partial charge in [-0.3, -0.25) is 4.79 Å². The smallest absolute Gasteiger partial charge is 0.338 e. The number of carbonyl (C=O) groups excluding carboxylic acids is 2. The number of benzene rings is 2.